The highest BCUT2D eigenvalue weighted by molar-refractivity contribution is 7.39. The van der Waals surface area contributed by atoms with E-state index in [1.54, 1.807) is 0 Å². The molecule has 0 aromatic heterocycles. The van der Waals surface area contributed by atoms with E-state index in [0.717, 1.165) is 12.6 Å². The van der Waals surface area contributed by atoms with Gasteiger partial charge in [0.05, 0.1) is 0 Å². The molecule has 0 N–H and O–H groups in total. The fourth-order valence-electron chi connectivity index (χ4n) is 1.51. The van der Waals surface area contributed by atoms with Crippen LogP contribution in [0.25, 0.3) is 0 Å². The highest BCUT2D eigenvalue weighted by Crippen LogP contribution is 2.22. The topological polar surface area (TPSA) is 26.3 Å². The first-order chi connectivity index (χ1) is 6.81. The van der Waals surface area contributed by atoms with Crippen LogP contribution in [0.15, 0.2) is 0 Å². The monoisotopic (exact) mass is 220 g/mol. The molecule has 0 amide bonds. The van der Waals surface area contributed by atoms with Crippen LogP contribution in [0.4, 0.5) is 0 Å². The van der Waals surface area contributed by atoms with Gasteiger partial charge in [-0.05, 0) is 6.42 Å². The number of hydrogen-bond acceptors (Lipinski definition) is 2. The third-order valence-electron chi connectivity index (χ3n) is 2.46. The summed E-state index contributed by atoms with van der Waals surface area (Å²) >= 11 is 0. The molecule has 1 unspecified atom stereocenters. The van der Waals surface area contributed by atoms with Crippen LogP contribution >= 0.6 is 8.03 Å². The molecular weight excluding hydrogens is 195 g/mol. The van der Waals surface area contributed by atoms with E-state index in [2.05, 4.69) is 6.92 Å². The molecule has 0 saturated carbocycles. The van der Waals surface area contributed by atoms with Crippen molar-refractivity contribution in [3.8, 4) is 0 Å². The number of hydrogen-bond donors (Lipinski definition) is 0. The Balaban J connectivity index is 2.95. The Morgan fingerprint density at radius 1 is 0.929 bits per heavy atom. The van der Waals surface area contributed by atoms with Crippen LogP contribution in [0.2, 0.25) is 0 Å². The van der Waals surface area contributed by atoms with Crippen molar-refractivity contribution in [2.24, 2.45) is 0 Å². The molecule has 14 heavy (non-hydrogen) atoms. The quantitative estimate of drug-likeness (QED) is 0.406. The summed E-state index contributed by atoms with van der Waals surface area (Å²) in [6, 6.07) is 0. The molecule has 1 atom stereocenters. The van der Waals surface area contributed by atoms with Crippen molar-refractivity contribution in [3.63, 3.8) is 0 Å². The lowest BCUT2D eigenvalue weighted by Gasteiger charge is -2.01. The molecule has 0 bridgehead atoms. The molecular formula is C11H25O2P. The minimum absolute atomic E-state index is 0.774. The van der Waals surface area contributed by atoms with Crippen LogP contribution < -0.4 is 0 Å². The van der Waals surface area contributed by atoms with Gasteiger partial charge in [0.2, 0.25) is 0 Å². The van der Waals surface area contributed by atoms with E-state index >= 15 is 0 Å². The second-order valence-electron chi connectivity index (χ2n) is 3.80. The van der Waals surface area contributed by atoms with Crippen molar-refractivity contribution < 1.29 is 9.09 Å². The molecule has 2 nitrogen and oxygen atoms in total. The Kier molecular flexibility index (Phi) is 11.4. The van der Waals surface area contributed by atoms with Crippen LogP contribution in [0.3, 0.4) is 0 Å². The zero-order valence-electron chi connectivity index (χ0n) is 9.68. The maximum absolute atomic E-state index is 10.9. The Bertz CT molecular complexity index is 137. The van der Waals surface area contributed by atoms with Crippen LogP contribution in [-0.4, -0.2) is 13.3 Å². The molecule has 0 fully saturated rings. The van der Waals surface area contributed by atoms with Gasteiger partial charge in [0.1, 0.15) is 0 Å². The zero-order valence-corrected chi connectivity index (χ0v) is 10.7. The third-order valence-corrected chi connectivity index (χ3v) is 3.68. The Labute approximate surface area is 89.3 Å². The van der Waals surface area contributed by atoms with Gasteiger partial charge in [-0.25, -0.2) is 0 Å². The van der Waals surface area contributed by atoms with E-state index in [-0.39, 0.29) is 0 Å². The first kappa shape index (κ1) is 14.2. The molecule has 0 saturated heterocycles. The molecule has 0 aliphatic carbocycles. The third kappa shape index (κ3) is 10.3. The van der Waals surface area contributed by atoms with Gasteiger partial charge in [-0.2, -0.15) is 0 Å². The molecule has 0 aliphatic rings. The molecule has 0 aliphatic heterocycles. The lowest BCUT2D eigenvalue weighted by Crippen LogP contribution is -1.83. The van der Waals surface area contributed by atoms with Gasteiger partial charge < -0.3 is 4.52 Å². The smallest absolute Gasteiger partial charge is 0.191 e. The molecule has 86 valence electrons. The maximum atomic E-state index is 10.9. The van der Waals surface area contributed by atoms with E-state index < -0.39 is 8.03 Å². The minimum atomic E-state index is -1.68. The van der Waals surface area contributed by atoms with Gasteiger partial charge in [-0.1, -0.05) is 51.9 Å². The van der Waals surface area contributed by atoms with E-state index in [1.807, 2.05) is 0 Å². The summed E-state index contributed by atoms with van der Waals surface area (Å²) in [5, 5.41) is 0. The summed E-state index contributed by atoms with van der Waals surface area (Å²) < 4.78 is 15.7. The Morgan fingerprint density at radius 2 is 1.43 bits per heavy atom. The summed E-state index contributed by atoms with van der Waals surface area (Å²) in [6.45, 7) is 2.24. The van der Waals surface area contributed by atoms with Crippen LogP contribution in [-0.2, 0) is 9.09 Å². The standard InChI is InChI=1S/C11H25O2P/c1-3-4-5-6-7-8-9-10-11-14(12)13-2/h14H,3-11H2,1-2H3. The maximum Gasteiger partial charge on any atom is 0.191 e. The van der Waals surface area contributed by atoms with Gasteiger partial charge in [-0.3, -0.25) is 4.57 Å². The van der Waals surface area contributed by atoms with Crippen LogP contribution in [0, 0.1) is 0 Å². The molecule has 0 aromatic carbocycles. The van der Waals surface area contributed by atoms with Crippen LogP contribution in [0.5, 0.6) is 0 Å². The van der Waals surface area contributed by atoms with Gasteiger partial charge >= 0.3 is 0 Å². The lowest BCUT2D eigenvalue weighted by molar-refractivity contribution is 0.413. The second kappa shape index (κ2) is 11.3. The summed E-state index contributed by atoms with van der Waals surface area (Å²) in [6.07, 6.45) is 11.1. The fourth-order valence-corrected chi connectivity index (χ4v) is 2.25. The van der Waals surface area contributed by atoms with Gasteiger partial charge in [-0.15, -0.1) is 0 Å². The van der Waals surface area contributed by atoms with E-state index in [0.29, 0.717) is 0 Å². The SMILES string of the molecule is CCCCCCCCCC[PH](=O)OC. The summed E-state index contributed by atoms with van der Waals surface area (Å²) in [5.74, 6) is 0. The Hall–Kier alpha value is 0.190. The normalized spacial score (nSPS) is 13.0. The van der Waals surface area contributed by atoms with Crippen molar-refractivity contribution in [2.45, 2.75) is 58.3 Å². The lowest BCUT2D eigenvalue weighted by atomic mass is 10.1. The predicted molar refractivity (Wildman–Crippen MR) is 63.5 cm³/mol. The fraction of sp³-hybridized carbons (Fsp3) is 1.00. The summed E-state index contributed by atoms with van der Waals surface area (Å²) in [7, 11) is -0.146. The van der Waals surface area contributed by atoms with Crippen molar-refractivity contribution in [1.82, 2.24) is 0 Å². The van der Waals surface area contributed by atoms with Crippen LogP contribution in [0.1, 0.15) is 58.3 Å². The van der Waals surface area contributed by atoms with Crippen molar-refractivity contribution in [3.05, 3.63) is 0 Å². The first-order valence-corrected chi connectivity index (χ1v) is 7.40. The molecule has 0 radical (unpaired) electrons. The molecule has 3 heteroatoms. The van der Waals surface area contributed by atoms with Crippen molar-refractivity contribution in [1.29, 1.82) is 0 Å². The second-order valence-corrected chi connectivity index (χ2v) is 5.45. The van der Waals surface area contributed by atoms with E-state index in [4.69, 9.17) is 4.52 Å². The number of unbranched alkanes of at least 4 members (excludes halogenated alkanes) is 7. The molecule has 0 spiro atoms. The number of rotatable bonds is 10. The zero-order chi connectivity index (χ0) is 10.6. The predicted octanol–water partition coefficient (Wildman–Crippen LogP) is 4.25. The first-order valence-electron chi connectivity index (χ1n) is 5.88. The van der Waals surface area contributed by atoms with E-state index in [1.165, 1.54) is 52.1 Å². The average molecular weight is 220 g/mol. The van der Waals surface area contributed by atoms with Crippen molar-refractivity contribution >= 4 is 8.03 Å². The Morgan fingerprint density at radius 3 is 1.93 bits per heavy atom. The summed E-state index contributed by atoms with van der Waals surface area (Å²) in [4.78, 5) is 0. The molecule has 0 heterocycles. The highest BCUT2D eigenvalue weighted by atomic mass is 31.1. The molecule has 0 rings (SSSR count). The summed E-state index contributed by atoms with van der Waals surface area (Å²) in [5.41, 5.74) is 0. The average Bonchev–Trinajstić information content (AvgIpc) is 2.21. The van der Waals surface area contributed by atoms with E-state index in [9.17, 15) is 4.57 Å². The van der Waals surface area contributed by atoms with Gasteiger partial charge in [0, 0.05) is 13.3 Å². The van der Waals surface area contributed by atoms with Gasteiger partial charge in [0.15, 0.2) is 8.03 Å². The minimum Gasteiger partial charge on any atom is -0.334 e. The van der Waals surface area contributed by atoms with Gasteiger partial charge in [0.25, 0.3) is 0 Å². The van der Waals surface area contributed by atoms with Crippen molar-refractivity contribution in [2.75, 3.05) is 13.3 Å². The largest absolute Gasteiger partial charge is 0.334 e. The highest BCUT2D eigenvalue weighted by Gasteiger charge is 1.96. The molecule has 0 aromatic rings.